The lowest BCUT2D eigenvalue weighted by atomic mass is 10.1. The molecule has 2 aromatic carbocycles. The van der Waals surface area contributed by atoms with Crippen LogP contribution in [0.4, 0.5) is 18.0 Å². The second-order valence-corrected chi connectivity index (χ2v) is 6.47. The van der Waals surface area contributed by atoms with Crippen molar-refractivity contribution in [3.8, 4) is 11.5 Å². The molecule has 0 fully saturated rings. The van der Waals surface area contributed by atoms with Gasteiger partial charge in [0, 0.05) is 18.7 Å². The number of halogens is 3. The molecule has 0 unspecified atom stereocenters. The van der Waals surface area contributed by atoms with Crippen molar-refractivity contribution < 1.29 is 32.2 Å². The summed E-state index contributed by atoms with van der Waals surface area (Å²) in [6, 6.07) is 10.7. The Hall–Kier alpha value is -3.43. The molecule has 0 aliphatic carbocycles. The number of carbonyl (C=O) groups is 2. The third-order valence-electron chi connectivity index (χ3n) is 4.23. The van der Waals surface area contributed by atoms with Gasteiger partial charge in [-0.3, -0.25) is 4.79 Å². The zero-order chi connectivity index (χ0) is 21.6. The van der Waals surface area contributed by atoms with Crippen LogP contribution < -0.4 is 25.4 Å². The highest BCUT2D eigenvalue weighted by molar-refractivity contribution is 5.94. The molecule has 0 aromatic heterocycles. The summed E-state index contributed by atoms with van der Waals surface area (Å²) >= 11 is 0. The maximum absolute atomic E-state index is 12.5. The molecule has 2 aromatic rings. The van der Waals surface area contributed by atoms with Gasteiger partial charge in [-0.2, -0.15) is 13.2 Å². The first-order chi connectivity index (χ1) is 14.3. The molecule has 3 amide bonds. The van der Waals surface area contributed by atoms with Gasteiger partial charge in [-0.1, -0.05) is 12.1 Å². The third kappa shape index (κ3) is 5.79. The molecule has 3 N–H and O–H groups in total. The Balaban J connectivity index is 1.32. The van der Waals surface area contributed by atoms with Crippen molar-refractivity contribution in [2.24, 2.45) is 0 Å². The van der Waals surface area contributed by atoms with E-state index in [1.165, 1.54) is 0 Å². The summed E-state index contributed by atoms with van der Waals surface area (Å²) in [6.07, 6.45) is -4.78. The fourth-order valence-corrected chi connectivity index (χ4v) is 2.70. The lowest BCUT2D eigenvalue weighted by Crippen LogP contribution is -2.46. The summed E-state index contributed by atoms with van der Waals surface area (Å²) in [7, 11) is 0. The molecule has 0 saturated carbocycles. The first-order valence-corrected chi connectivity index (χ1v) is 9.18. The summed E-state index contributed by atoms with van der Waals surface area (Å²) in [4.78, 5) is 23.8. The molecule has 1 aliphatic rings. The normalized spacial score (nSPS) is 15.2. The van der Waals surface area contributed by atoms with Crippen molar-refractivity contribution in [1.82, 2.24) is 16.0 Å². The van der Waals surface area contributed by atoms with Gasteiger partial charge < -0.3 is 25.4 Å². The first-order valence-electron chi connectivity index (χ1n) is 9.18. The van der Waals surface area contributed by atoms with Gasteiger partial charge in [-0.05, 0) is 36.4 Å². The van der Waals surface area contributed by atoms with E-state index in [1.807, 2.05) is 12.1 Å². The predicted octanol–water partition coefficient (Wildman–Crippen LogP) is 2.57. The number of amides is 3. The Morgan fingerprint density at radius 2 is 1.60 bits per heavy atom. The molecule has 30 heavy (non-hydrogen) atoms. The maximum Gasteiger partial charge on any atom is 0.416 e. The number of hydrogen-bond acceptors (Lipinski definition) is 4. The van der Waals surface area contributed by atoms with E-state index in [4.69, 9.17) is 9.47 Å². The molecule has 0 saturated heterocycles. The number of fused-ring (bicyclic) bond motifs is 1. The second-order valence-electron chi connectivity index (χ2n) is 6.47. The van der Waals surface area contributed by atoms with E-state index in [0.29, 0.717) is 18.1 Å². The molecule has 0 spiro atoms. The summed E-state index contributed by atoms with van der Waals surface area (Å²) in [6.45, 7) is 0.797. The summed E-state index contributed by atoms with van der Waals surface area (Å²) in [5.74, 6) is 0.737. The van der Waals surface area contributed by atoms with E-state index in [-0.39, 0.29) is 31.3 Å². The van der Waals surface area contributed by atoms with E-state index in [0.717, 1.165) is 24.3 Å². The number of hydrogen-bond donors (Lipinski definition) is 3. The van der Waals surface area contributed by atoms with Gasteiger partial charge in [0.15, 0.2) is 17.6 Å². The minimum absolute atomic E-state index is 0.0992. The van der Waals surface area contributed by atoms with Crippen LogP contribution in [0.3, 0.4) is 0 Å². The van der Waals surface area contributed by atoms with Gasteiger partial charge in [-0.25, -0.2) is 4.79 Å². The average molecular weight is 423 g/mol. The zero-order valence-corrected chi connectivity index (χ0v) is 15.8. The van der Waals surface area contributed by atoms with Crippen LogP contribution in [0.5, 0.6) is 11.5 Å². The van der Waals surface area contributed by atoms with E-state index in [1.54, 1.807) is 12.1 Å². The molecular weight excluding hydrogens is 403 g/mol. The van der Waals surface area contributed by atoms with Crippen LogP contribution in [-0.4, -0.2) is 44.3 Å². The molecule has 3 rings (SSSR count). The number of alkyl halides is 3. The lowest BCUT2D eigenvalue weighted by molar-refractivity contribution is -0.137. The molecule has 0 radical (unpaired) electrons. The minimum Gasteiger partial charge on any atom is -0.486 e. The van der Waals surface area contributed by atoms with Crippen molar-refractivity contribution >= 4 is 11.9 Å². The number of nitrogens with one attached hydrogen (secondary N) is 3. The molecular formula is C20H20F3N3O4. The minimum atomic E-state index is -4.45. The Bertz CT molecular complexity index is 888. The fourth-order valence-electron chi connectivity index (χ4n) is 2.70. The monoisotopic (exact) mass is 423 g/mol. The number of rotatable bonds is 6. The average Bonchev–Trinajstić information content (AvgIpc) is 2.74. The van der Waals surface area contributed by atoms with E-state index in [2.05, 4.69) is 16.0 Å². The summed E-state index contributed by atoms with van der Waals surface area (Å²) in [5, 5.41) is 7.74. The van der Waals surface area contributed by atoms with Gasteiger partial charge in [0.25, 0.3) is 5.91 Å². The summed E-state index contributed by atoms with van der Waals surface area (Å²) < 4.78 is 48.9. The molecule has 1 heterocycles. The zero-order valence-electron chi connectivity index (χ0n) is 15.8. The van der Waals surface area contributed by atoms with Gasteiger partial charge >= 0.3 is 12.2 Å². The predicted molar refractivity (Wildman–Crippen MR) is 102 cm³/mol. The highest BCUT2D eigenvalue weighted by Crippen LogP contribution is 2.30. The second kappa shape index (κ2) is 9.38. The van der Waals surface area contributed by atoms with Crippen LogP contribution >= 0.6 is 0 Å². The highest BCUT2D eigenvalue weighted by atomic mass is 19.4. The van der Waals surface area contributed by atoms with Crippen LogP contribution in [0.2, 0.25) is 0 Å². The van der Waals surface area contributed by atoms with Crippen molar-refractivity contribution in [3.05, 3.63) is 59.7 Å². The molecule has 160 valence electrons. The fraction of sp³-hybridized carbons (Fsp3) is 0.300. The topological polar surface area (TPSA) is 88.7 Å². The third-order valence-corrected chi connectivity index (χ3v) is 4.23. The van der Waals surface area contributed by atoms with Crippen LogP contribution in [0, 0.1) is 0 Å². The van der Waals surface area contributed by atoms with Crippen LogP contribution in [0.1, 0.15) is 15.9 Å². The quantitative estimate of drug-likeness (QED) is 0.624. The molecule has 1 aliphatic heterocycles. The number of urea groups is 1. The van der Waals surface area contributed by atoms with Crippen LogP contribution in [0.25, 0.3) is 0 Å². The van der Waals surface area contributed by atoms with Gasteiger partial charge in [-0.15, -0.1) is 0 Å². The smallest absolute Gasteiger partial charge is 0.416 e. The standard InChI is InChI=1S/C20H20F3N3O4/c21-20(22,23)14-7-5-13(6-8-14)18(27)24-9-10-25-19(28)26-11-15-12-29-16-3-1-2-4-17(16)30-15/h1-8,15H,9-12H2,(H,24,27)(H2,25,26,28)/t15-/m1/s1. The van der Waals surface area contributed by atoms with Crippen molar-refractivity contribution in [2.45, 2.75) is 12.3 Å². The first kappa shape index (κ1) is 21.3. The van der Waals surface area contributed by atoms with E-state index >= 15 is 0 Å². The van der Waals surface area contributed by atoms with E-state index in [9.17, 15) is 22.8 Å². The largest absolute Gasteiger partial charge is 0.486 e. The molecule has 7 nitrogen and oxygen atoms in total. The van der Waals surface area contributed by atoms with Crippen molar-refractivity contribution in [3.63, 3.8) is 0 Å². The Morgan fingerprint density at radius 3 is 2.30 bits per heavy atom. The maximum atomic E-state index is 12.5. The molecule has 10 heteroatoms. The Labute approximate surface area is 170 Å². The van der Waals surface area contributed by atoms with Gasteiger partial charge in [0.2, 0.25) is 0 Å². The number of para-hydroxylation sites is 2. The SMILES string of the molecule is O=C(NCCNC(=O)c1ccc(C(F)(F)F)cc1)NC[C@@H]1COc2ccccc2O1. The van der Waals surface area contributed by atoms with Crippen molar-refractivity contribution in [1.29, 1.82) is 0 Å². The van der Waals surface area contributed by atoms with Crippen LogP contribution in [-0.2, 0) is 6.18 Å². The number of benzene rings is 2. The number of carbonyl (C=O) groups excluding carboxylic acids is 2. The van der Waals surface area contributed by atoms with E-state index < -0.39 is 23.7 Å². The van der Waals surface area contributed by atoms with Crippen molar-refractivity contribution in [2.75, 3.05) is 26.2 Å². The van der Waals surface area contributed by atoms with Gasteiger partial charge in [0.05, 0.1) is 12.1 Å². The molecule has 0 bridgehead atoms. The number of ether oxygens (including phenoxy) is 2. The summed E-state index contributed by atoms with van der Waals surface area (Å²) in [5.41, 5.74) is -0.726. The lowest BCUT2D eigenvalue weighted by Gasteiger charge is -2.26. The molecule has 1 atom stereocenters. The Kier molecular flexibility index (Phi) is 6.65. The Morgan fingerprint density at radius 1 is 0.933 bits per heavy atom. The van der Waals surface area contributed by atoms with Crippen LogP contribution in [0.15, 0.2) is 48.5 Å². The highest BCUT2D eigenvalue weighted by Gasteiger charge is 2.30. The van der Waals surface area contributed by atoms with Gasteiger partial charge in [0.1, 0.15) is 6.61 Å².